The molecule has 23 heavy (non-hydrogen) atoms. The summed E-state index contributed by atoms with van der Waals surface area (Å²) < 4.78 is 11.7. The molecule has 0 saturated carbocycles. The first-order valence-corrected chi connectivity index (χ1v) is 8.37. The minimum atomic E-state index is -0.225. The van der Waals surface area contributed by atoms with Crippen molar-refractivity contribution in [1.82, 2.24) is 4.90 Å². The third kappa shape index (κ3) is 3.74. The molecule has 0 bridgehead atoms. The van der Waals surface area contributed by atoms with E-state index >= 15 is 0 Å². The maximum Gasteiger partial charge on any atom is 0.238 e. The van der Waals surface area contributed by atoms with Crippen molar-refractivity contribution in [2.75, 3.05) is 38.7 Å². The van der Waals surface area contributed by atoms with Gasteiger partial charge in [-0.05, 0) is 38.3 Å². The van der Waals surface area contributed by atoms with Crippen LogP contribution in [-0.2, 0) is 14.3 Å². The molecule has 2 aliphatic heterocycles. The van der Waals surface area contributed by atoms with Gasteiger partial charge in [0.15, 0.2) is 0 Å². The Morgan fingerprint density at radius 3 is 2.87 bits per heavy atom. The lowest BCUT2D eigenvalue weighted by molar-refractivity contribution is -0.146. The van der Waals surface area contributed by atoms with Crippen molar-refractivity contribution in [2.45, 2.75) is 37.9 Å². The molecule has 2 fully saturated rings. The van der Waals surface area contributed by atoms with Crippen LogP contribution in [0.15, 0.2) is 24.3 Å². The number of nitrogens with zero attached hydrogens (tertiary/aromatic N) is 1. The Morgan fingerprint density at radius 2 is 2.22 bits per heavy atom. The van der Waals surface area contributed by atoms with Crippen molar-refractivity contribution in [2.24, 2.45) is 0 Å². The summed E-state index contributed by atoms with van der Waals surface area (Å²) in [5.74, 6) is 0.0258. The average molecular weight is 318 g/mol. The highest BCUT2D eigenvalue weighted by Gasteiger charge is 2.47. The van der Waals surface area contributed by atoms with Gasteiger partial charge < -0.3 is 14.8 Å². The fourth-order valence-corrected chi connectivity index (χ4v) is 3.73. The monoisotopic (exact) mass is 318 g/mol. The number of rotatable bonds is 4. The van der Waals surface area contributed by atoms with Crippen LogP contribution >= 0.6 is 0 Å². The van der Waals surface area contributed by atoms with E-state index in [2.05, 4.69) is 10.2 Å². The highest BCUT2D eigenvalue weighted by Crippen LogP contribution is 2.36. The molecule has 0 aromatic heterocycles. The first kappa shape index (κ1) is 16.4. The molecule has 3 rings (SSSR count). The van der Waals surface area contributed by atoms with Gasteiger partial charge in [-0.2, -0.15) is 0 Å². The van der Waals surface area contributed by atoms with E-state index in [1.165, 1.54) is 5.56 Å². The summed E-state index contributed by atoms with van der Waals surface area (Å²) in [5, 5.41) is 2.97. The molecule has 0 aliphatic carbocycles. The highest BCUT2D eigenvalue weighted by molar-refractivity contribution is 5.92. The van der Waals surface area contributed by atoms with Gasteiger partial charge in [0, 0.05) is 32.5 Å². The summed E-state index contributed by atoms with van der Waals surface area (Å²) in [6.45, 7) is 4.86. The smallest absolute Gasteiger partial charge is 0.238 e. The van der Waals surface area contributed by atoms with Gasteiger partial charge in [-0.1, -0.05) is 17.7 Å². The zero-order chi connectivity index (χ0) is 16.3. The van der Waals surface area contributed by atoms with Gasteiger partial charge in [-0.3, -0.25) is 9.69 Å². The number of carbonyl (C=O) groups excluding carboxylic acids is 1. The number of benzene rings is 1. The fourth-order valence-electron chi connectivity index (χ4n) is 3.73. The number of amides is 1. The van der Waals surface area contributed by atoms with Crippen molar-refractivity contribution < 1.29 is 14.3 Å². The summed E-state index contributed by atoms with van der Waals surface area (Å²) in [4.78, 5) is 14.5. The Labute approximate surface area is 137 Å². The second-order valence-corrected chi connectivity index (χ2v) is 6.65. The number of anilines is 1. The van der Waals surface area contributed by atoms with Crippen LogP contribution in [0.4, 0.5) is 5.69 Å². The Balaban J connectivity index is 1.57. The highest BCUT2D eigenvalue weighted by atomic mass is 16.5. The Hall–Kier alpha value is -1.43. The molecule has 0 radical (unpaired) electrons. The first-order chi connectivity index (χ1) is 11.1. The molecule has 1 spiro atoms. The second-order valence-electron chi connectivity index (χ2n) is 6.65. The molecule has 2 aliphatic rings. The molecule has 1 aromatic rings. The van der Waals surface area contributed by atoms with E-state index in [4.69, 9.17) is 9.47 Å². The molecule has 5 heteroatoms. The number of nitrogens with one attached hydrogen (secondary N) is 1. The summed E-state index contributed by atoms with van der Waals surface area (Å²) in [6, 6.07) is 7.88. The van der Waals surface area contributed by atoms with Crippen molar-refractivity contribution in [3.8, 4) is 0 Å². The quantitative estimate of drug-likeness (QED) is 0.925. The van der Waals surface area contributed by atoms with Gasteiger partial charge in [0.1, 0.15) is 5.60 Å². The molecule has 2 heterocycles. The molecule has 1 amide bonds. The van der Waals surface area contributed by atoms with Gasteiger partial charge in [0.25, 0.3) is 0 Å². The first-order valence-electron chi connectivity index (χ1n) is 8.37. The van der Waals surface area contributed by atoms with Crippen LogP contribution in [0.5, 0.6) is 0 Å². The molecular formula is C18H26N2O3. The summed E-state index contributed by atoms with van der Waals surface area (Å²) in [7, 11) is 1.76. The normalized spacial score (nSPS) is 28.2. The maximum atomic E-state index is 12.3. The third-order valence-electron chi connectivity index (χ3n) is 4.91. The number of piperidine rings is 1. The Morgan fingerprint density at radius 1 is 1.43 bits per heavy atom. The summed E-state index contributed by atoms with van der Waals surface area (Å²) >= 11 is 0. The van der Waals surface area contributed by atoms with Gasteiger partial charge in [0.2, 0.25) is 5.91 Å². The van der Waals surface area contributed by atoms with Crippen molar-refractivity contribution in [3.05, 3.63) is 29.8 Å². The third-order valence-corrected chi connectivity index (χ3v) is 4.91. The van der Waals surface area contributed by atoms with E-state index in [0.717, 1.165) is 44.6 Å². The Kier molecular flexibility index (Phi) is 4.99. The van der Waals surface area contributed by atoms with Crippen molar-refractivity contribution in [1.29, 1.82) is 0 Å². The molecule has 2 unspecified atom stereocenters. The van der Waals surface area contributed by atoms with E-state index in [0.29, 0.717) is 6.54 Å². The van der Waals surface area contributed by atoms with Crippen LogP contribution in [0, 0.1) is 6.92 Å². The van der Waals surface area contributed by atoms with E-state index in [1.54, 1.807) is 7.11 Å². The van der Waals surface area contributed by atoms with Gasteiger partial charge in [-0.15, -0.1) is 0 Å². The van der Waals surface area contributed by atoms with Gasteiger partial charge in [0.05, 0.1) is 12.6 Å². The number of likely N-dealkylation sites (tertiary alicyclic amines) is 1. The molecule has 1 aromatic carbocycles. The van der Waals surface area contributed by atoms with E-state index in [-0.39, 0.29) is 17.6 Å². The number of hydrogen-bond acceptors (Lipinski definition) is 4. The van der Waals surface area contributed by atoms with Crippen LogP contribution in [0.3, 0.4) is 0 Å². The Bertz CT molecular complexity index is 538. The topological polar surface area (TPSA) is 50.8 Å². The lowest BCUT2D eigenvalue weighted by Crippen LogP contribution is -2.58. The number of aryl methyl sites for hydroxylation is 1. The maximum absolute atomic E-state index is 12.3. The van der Waals surface area contributed by atoms with Gasteiger partial charge in [-0.25, -0.2) is 0 Å². The van der Waals surface area contributed by atoms with E-state index < -0.39 is 0 Å². The van der Waals surface area contributed by atoms with Crippen LogP contribution < -0.4 is 5.32 Å². The average Bonchev–Trinajstić information content (AvgIpc) is 2.98. The number of ether oxygens (including phenoxy) is 2. The van der Waals surface area contributed by atoms with Crippen LogP contribution in [0.25, 0.3) is 0 Å². The molecule has 2 saturated heterocycles. The molecular weight excluding hydrogens is 292 g/mol. The largest absolute Gasteiger partial charge is 0.378 e. The number of methoxy groups -OCH3 is 1. The minimum absolute atomic E-state index is 0.0258. The second kappa shape index (κ2) is 6.99. The number of hydrogen-bond donors (Lipinski definition) is 1. The van der Waals surface area contributed by atoms with Crippen molar-refractivity contribution in [3.63, 3.8) is 0 Å². The van der Waals surface area contributed by atoms with Crippen LogP contribution in [0.1, 0.15) is 24.8 Å². The molecule has 2 atom stereocenters. The standard InChI is InChI=1S/C18H26N2O3/c1-14-4-6-15(7-5-14)19-17(21)12-20-10-8-16(22-2)18(13-20)9-3-11-23-18/h4-7,16H,3,8-13H2,1-2H3,(H,19,21). The zero-order valence-corrected chi connectivity index (χ0v) is 14.0. The fraction of sp³-hybridized carbons (Fsp3) is 0.611. The summed E-state index contributed by atoms with van der Waals surface area (Å²) in [6.07, 6.45) is 3.14. The minimum Gasteiger partial charge on any atom is -0.378 e. The zero-order valence-electron chi connectivity index (χ0n) is 14.0. The van der Waals surface area contributed by atoms with Crippen LogP contribution in [0.2, 0.25) is 0 Å². The molecule has 5 nitrogen and oxygen atoms in total. The predicted molar refractivity (Wildman–Crippen MR) is 89.6 cm³/mol. The van der Waals surface area contributed by atoms with Crippen molar-refractivity contribution >= 4 is 11.6 Å². The lowest BCUT2D eigenvalue weighted by Gasteiger charge is -2.44. The lowest BCUT2D eigenvalue weighted by atomic mass is 9.87. The van der Waals surface area contributed by atoms with Gasteiger partial charge >= 0.3 is 0 Å². The predicted octanol–water partition coefficient (Wildman–Crippen LogP) is 2.20. The van der Waals surface area contributed by atoms with Crippen LogP contribution in [-0.4, -0.2) is 55.9 Å². The number of carbonyl (C=O) groups is 1. The van der Waals surface area contributed by atoms with E-state index in [9.17, 15) is 4.79 Å². The molecule has 126 valence electrons. The van der Waals surface area contributed by atoms with E-state index in [1.807, 2.05) is 31.2 Å². The SMILES string of the molecule is COC1CCN(CC(=O)Nc2ccc(C)cc2)CC12CCCO2. The summed E-state index contributed by atoms with van der Waals surface area (Å²) in [5.41, 5.74) is 1.81. The molecule has 1 N–H and O–H groups in total.